The minimum atomic E-state index is -0.232. The number of nitrogens with one attached hydrogen (secondary N) is 2. The number of hydrogen-bond acceptors (Lipinski definition) is 4. The molecule has 4 unspecified atom stereocenters. The molecule has 2 amide bonds. The molecule has 1 aromatic rings. The van der Waals surface area contributed by atoms with Crippen LogP contribution in [-0.2, 0) is 0 Å². The van der Waals surface area contributed by atoms with Crippen molar-refractivity contribution in [1.82, 2.24) is 10.9 Å². The van der Waals surface area contributed by atoms with Gasteiger partial charge in [-0.05, 0) is 99.3 Å². The maximum absolute atomic E-state index is 12.3. The van der Waals surface area contributed by atoms with Crippen molar-refractivity contribution in [2.75, 3.05) is 0 Å². The molecule has 0 heterocycles. The fraction of sp³-hybridized carbons (Fsp3) is 0.545. The zero-order chi connectivity index (χ0) is 19.1. The number of amides is 2. The third-order valence-corrected chi connectivity index (χ3v) is 7.03. The number of benzene rings is 1. The number of fused-ring (bicyclic) bond motifs is 4. The number of hydrogen-bond donors (Lipinski definition) is 2. The van der Waals surface area contributed by atoms with E-state index >= 15 is 0 Å². The SMILES string of the molecule is O=C(NN=C1CC2CCC1C2)c1ccc(C(=O)NN=C2CC3CCC2C3)cc1. The van der Waals surface area contributed by atoms with Crippen LogP contribution in [0.5, 0.6) is 0 Å². The number of carbonyl (C=O) groups is 2. The number of carbonyl (C=O) groups excluding carboxylic acids is 2. The molecule has 4 bridgehead atoms. The molecule has 0 spiro atoms. The molecule has 4 aliphatic rings. The molecule has 2 N–H and O–H groups in total. The van der Waals surface area contributed by atoms with Crippen LogP contribution in [-0.4, -0.2) is 23.2 Å². The van der Waals surface area contributed by atoms with E-state index in [1.54, 1.807) is 24.3 Å². The molecule has 5 rings (SSSR count). The summed E-state index contributed by atoms with van der Waals surface area (Å²) in [6, 6.07) is 6.65. The molecule has 146 valence electrons. The van der Waals surface area contributed by atoms with Gasteiger partial charge >= 0.3 is 0 Å². The summed E-state index contributed by atoms with van der Waals surface area (Å²) in [4.78, 5) is 24.6. The molecule has 4 fully saturated rings. The summed E-state index contributed by atoms with van der Waals surface area (Å²) in [6.07, 6.45) is 9.50. The second-order valence-electron chi connectivity index (χ2n) is 8.83. The summed E-state index contributed by atoms with van der Waals surface area (Å²) in [5, 5.41) is 8.70. The molecule has 28 heavy (non-hydrogen) atoms. The van der Waals surface area contributed by atoms with Gasteiger partial charge in [-0.25, -0.2) is 10.9 Å². The van der Waals surface area contributed by atoms with E-state index in [0.29, 0.717) is 23.0 Å². The van der Waals surface area contributed by atoms with Crippen molar-refractivity contribution in [1.29, 1.82) is 0 Å². The predicted octanol–water partition coefficient (Wildman–Crippen LogP) is 3.50. The Kier molecular flexibility index (Phi) is 4.49. The first-order valence-electron chi connectivity index (χ1n) is 10.5. The number of hydrazone groups is 2. The summed E-state index contributed by atoms with van der Waals surface area (Å²) >= 11 is 0. The van der Waals surface area contributed by atoms with Crippen LogP contribution in [0.1, 0.15) is 72.1 Å². The van der Waals surface area contributed by atoms with Crippen LogP contribution in [0.15, 0.2) is 34.5 Å². The molecule has 4 atom stereocenters. The van der Waals surface area contributed by atoms with Gasteiger partial charge in [-0.1, -0.05) is 0 Å². The lowest BCUT2D eigenvalue weighted by Gasteiger charge is -2.12. The zero-order valence-corrected chi connectivity index (χ0v) is 16.0. The Hall–Kier alpha value is -2.50. The molecule has 0 aliphatic heterocycles. The topological polar surface area (TPSA) is 82.9 Å². The van der Waals surface area contributed by atoms with Gasteiger partial charge in [0.2, 0.25) is 0 Å². The molecular weight excluding hydrogens is 352 g/mol. The average molecular weight is 378 g/mol. The van der Waals surface area contributed by atoms with Gasteiger partial charge in [-0.2, -0.15) is 10.2 Å². The van der Waals surface area contributed by atoms with E-state index in [0.717, 1.165) is 36.1 Å². The quantitative estimate of drug-likeness (QED) is 0.786. The van der Waals surface area contributed by atoms with Crippen molar-refractivity contribution in [3.05, 3.63) is 35.4 Å². The maximum Gasteiger partial charge on any atom is 0.271 e. The van der Waals surface area contributed by atoms with Crippen LogP contribution in [0.4, 0.5) is 0 Å². The van der Waals surface area contributed by atoms with Gasteiger partial charge in [0, 0.05) is 22.6 Å². The van der Waals surface area contributed by atoms with Gasteiger partial charge in [0.25, 0.3) is 11.8 Å². The maximum atomic E-state index is 12.3. The Balaban J connectivity index is 1.17. The van der Waals surface area contributed by atoms with Crippen molar-refractivity contribution in [3.63, 3.8) is 0 Å². The van der Waals surface area contributed by atoms with E-state index in [-0.39, 0.29) is 11.8 Å². The molecule has 0 saturated heterocycles. The van der Waals surface area contributed by atoms with Gasteiger partial charge < -0.3 is 0 Å². The molecule has 4 saturated carbocycles. The lowest BCUT2D eigenvalue weighted by atomic mass is 9.99. The summed E-state index contributed by atoms with van der Waals surface area (Å²) in [6.45, 7) is 0. The lowest BCUT2D eigenvalue weighted by molar-refractivity contribution is 0.0943. The highest BCUT2D eigenvalue weighted by atomic mass is 16.2. The van der Waals surface area contributed by atoms with Crippen molar-refractivity contribution < 1.29 is 9.59 Å². The lowest BCUT2D eigenvalue weighted by Crippen LogP contribution is -2.23. The fourth-order valence-corrected chi connectivity index (χ4v) is 5.47. The van der Waals surface area contributed by atoms with Crippen molar-refractivity contribution >= 4 is 23.2 Å². The Bertz CT molecular complexity index is 787. The summed E-state index contributed by atoms with van der Waals surface area (Å²) in [5.41, 5.74) is 8.64. The first-order valence-corrected chi connectivity index (χ1v) is 10.5. The molecule has 6 heteroatoms. The van der Waals surface area contributed by atoms with Crippen molar-refractivity contribution in [3.8, 4) is 0 Å². The Morgan fingerprint density at radius 1 is 0.714 bits per heavy atom. The van der Waals surface area contributed by atoms with Gasteiger partial charge in [-0.15, -0.1) is 0 Å². The Labute approximate surface area is 164 Å². The normalized spacial score (nSPS) is 33.0. The van der Waals surface area contributed by atoms with Crippen LogP contribution < -0.4 is 10.9 Å². The summed E-state index contributed by atoms with van der Waals surface area (Å²) in [7, 11) is 0. The zero-order valence-electron chi connectivity index (χ0n) is 16.0. The molecule has 0 aromatic heterocycles. The summed E-state index contributed by atoms with van der Waals surface area (Å²) < 4.78 is 0. The molecule has 4 aliphatic carbocycles. The van der Waals surface area contributed by atoms with Gasteiger partial charge in [0.15, 0.2) is 0 Å². The first-order chi connectivity index (χ1) is 13.7. The molecule has 6 nitrogen and oxygen atoms in total. The van der Waals surface area contributed by atoms with Crippen molar-refractivity contribution in [2.24, 2.45) is 33.9 Å². The van der Waals surface area contributed by atoms with E-state index in [2.05, 4.69) is 21.1 Å². The third kappa shape index (κ3) is 3.36. The predicted molar refractivity (Wildman–Crippen MR) is 107 cm³/mol. The van der Waals surface area contributed by atoms with E-state index in [4.69, 9.17) is 0 Å². The van der Waals surface area contributed by atoms with Crippen LogP contribution in [0.3, 0.4) is 0 Å². The second-order valence-corrected chi connectivity index (χ2v) is 8.83. The smallest absolute Gasteiger partial charge is 0.267 e. The Morgan fingerprint density at radius 3 is 1.46 bits per heavy atom. The highest BCUT2D eigenvalue weighted by molar-refractivity contribution is 5.99. The largest absolute Gasteiger partial charge is 0.271 e. The summed E-state index contributed by atoms with van der Waals surface area (Å²) in [5.74, 6) is 2.19. The van der Waals surface area contributed by atoms with Crippen LogP contribution >= 0.6 is 0 Å². The van der Waals surface area contributed by atoms with Gasteiger partial charge in [0.05, 0.1) is 0 Å². The van der Waals surface area contributed by atoms with Gasteiger partial charge in [-0.3, -0.25) is 9.59 Å². The molecular formula is C22H26N4O2. The van der Waals surface area contributed by atoms with Crippen LogP contribution in [0.2, 0.25) is 0 Å². The minimum absolute atomic E-state index is 0.232. The monoisotopic (exact) mass is 378 g/mol. The molecule has 0 radical (unpaired) electrons. The Morgan fingerprint density at radius 2 is 1.14 bits per heavy atom. The van der Waals surface area contributed by atoms with Crippen molar-refractivity contribution in [2.45, 2.75) is 51.4 Å². The second kappa shape index (κ2) is 7.15. The average Bonchev–Trinajstić information content (AvgIpc) is 3.52. The van der Waals surface area contributed by atoms with E-state index < -0.39 is 0 Å². The van der Waals surface area contributed by atoms with Gasteiger partial charge in [0.1, 0.15) is 0 Å². The fourth-order valence-electron chi connectivity index (χ4n) is 5.47. The number of rotatable bonds is 4. The van der Waals surface area contributed by atoms with Crippen LogP contribution in [0, 0.1) is 23.7 Å². The standard InChI is InChI=1S/C22H26N4O2/c27-21(25-23-19-11-13-1-3-17(19)9-13)15-5-7-16(8-6-15)22(28)26-24-20-12-14-2-4-18(20)10-14/h5-8,13-14,17-18H,1-4,9-12H2,(H,25,27)(H,26,28). The van der Waals surface area contributed by atoms with E-state index in [1.807, 2.05) is 0 Å². The van der Waals surface area contributed by atoms with E-state index in [1.165, 1.54) is 38.5 Å². The number of nitrogens with zero attached hydrogens (tertiary/aromatic N) is 2. The minimum Gasteiger partial charge on any atom is -0.267 e. The first kappa shape index (κ1) is 17.6. The highest BCUT2D eigenvalue weighted by Crippen LogP contribution is 2.43. The third-order valence-electron chi connectivity index (χ3n) is 7.03. The molecule has 1 aromatic carbocycles. The van der Waals surface area contributed by atoms with Crippen LogP contribution in [0.25, 0.3) is 0 Å². The van der Waals surface area contributed by atoms with E-state index in [9.17, 15) is 9.59 Å². The highest BCUT2D eigenvalue weighted by Gasteiger charge is 2.37.